The van der Waals surface area contributed by atoms with E-state index in [9.17, 15) is 9.59 Å². The number of hydrogen-bond donors (Lipinski definition) is 2. The highest BCUT2D eigenvalue weighted by Crippen LogP contribution is 2.03. The fourth-order valence-corrected chi connectivity index (χ4v) is 2.32. The average molecular weight is 255 g/mol. The van der Waals surface area contributed by atoms with Crippen LogP contribution in [0.5, 0.6) is 0 Å². The molecule has 0 aliphatic carbocycles. The lowest BCUT2D eigenvalue weighted by molar-refractivity contribution is -0.128. The third-order valence-corrected chi connectivity index (χ3v) is 3.24. The highest BCUT2D eigenvalue weighted by atomic mass is 16.2. The maximum Gasteiger partial charge on any atom is 0.234 e. The summed E-state index contributed by atoms with van der Waals surface area (Å²) in [7, 11) is 0. The second-order valence-electron chi connectivity index (χ2n) is 5.49. The molecule has 0 bridgehead atoms. The van der Waals surface area contributed by atoms with Crippen molar-refractivity contribution in [3.63, 3.8) is 0 Å². The van der Waals surface area contributed by atoms with Gasteiger partial charge in [-0.25, -0.2) is 0 Å². The van der Waals surface area contributed by atoms with E-state index in [0.717, 1.165) is 19.6 Å². The van der Waals surface area contributed by atoms with Crippen molar-refractivity contribution in [2.24, 2.45) is 5.92 Å². The number of nitrogens with zero attached hydrogens (tertiary/aromatic N) is 1. The molecule has 1 unspecified atom stereocenters. The molecule has 2 atom stereocenters. The number of hydrogen-bond acceptors (Lipinski definition) is 4. The van der Waals surface area contributed by atoms with Gasteiger partial charge in [-0.1, -0.05) is 13.8 Å². The first-order chi connectivity index (χ1) is 8.40. The SMILES string of the molecule is CC(=O)C(NC(=O)CN1CCN[C@H](C)C1)C(C)C. The molecular weight excluding hydrogens is 230 g/mol. The molecule has 0 saturated carbocycles. The summed E-state index contributed by atoms with van der Waals surface area (Å²) < 4.78 is 0. The number of carbonyl (C=O) groups excluding carboxylic acids is 2. The topological polar surface area (TPSA) is 61.4 Å². The van der Waals surface area contributed by atoms with Gasteiger partial charge in [0.25, 0.3) is 0 Å². The molecule has 1 aliphatic rings. The Morgan fingerprint density at radius 3 is 2.61 bits per heavy atom. The number of rotatable bonds is 5. The van der Waals surface area contributed by atoms with Crippen molar-refractivity contribution in [1.29, 1.82) is 0 Å². The molecule has 2 N–H and O–H groups in total. The van der Waals surface area contributed by atoms with Crippen molar-refractivity contribution in [2.45, 2.75) is 39.8 Å². The van der Waals surface area contributed by atoms with Gasteiger partial charge in [0, 0.05) is 25.7 Å². The zero-order valence-corrected chi connectivity index (χ0v) is 11.8. The summed E-state index contributed by atoms with van der Waals surface area (Å²) in [6, 6.07) is 0.0538. The zero-order chi connectivity index (χ0) is 13.7. The van der Waals surface area contributed by atoms with Crippen LogP contribution in [0.3, 0.4) is 0 Å². The third-order valence-electron chi connectivity index (χ3n) is 3.24. The van der Waals surface area contributed by atoms with E-state index in [0.29, 0.717) is 12.6 Å². The van der Waals surface area contributed by atoms with Crippen LogP contribution in [-0.4, -0.2) is 54.9 Å². The largest absolute Gasteiger partial charge is 0.345 e. The molecule has 0 aromatic rings. The molecule has 1 heterocycles. The minimum atomic E-state index is -0.363. The summed E-state index contributed by atoms with van der Waals surface area (Å²) in [6.45, 7) is 10.6. The maximum absolute atomic E-state index is 11.9. The van der Waals surface area contributed by atoms with Gasteiger partial charge in [0.15, 0.2) is 5.78 Å². The molecule has 5 heteroatoms. The molecule has 1 fully saturated rings. The third kappa shape index (κ3) is 4.74. The second-order valence-corrected chi connectivity index (χ2v) is 5.49. The Morgan fingerprint density at radius 2 is 2.11 bits per heavy atom. The van der Waals surface area contributed by atoms with Crippen molar-refractivity contribution in [2.75, 3.05) is 26.2 Å². The van der Waals surface area contributed by atoms with Crippen molar-refractivity contribution in [1.82, 2.24) is 15.5 Å². The van der Waals surface area contributed by atoms with Crippen molar-refractivity contribution in [3.8, 4) is 0 Å². The Morgan fingerprint density at radius 1 is 1.44 bits per heavy atom. The van der Waals surface area contributed by atoms with Crippen LogP contribution in [0.25, 0.3) is 0 Å². The first kappa shape index (κ1) is 15.1. The molecule has 5 nitrogen and oxygen atoms in total. The van der Waals surface area contributed by atoms with Gasteiger partial charge in [0.2, 0.25) is 5.91 Å². The van der Waals surface area contributed by atoms with Crippen LogP contribution in [0.2, 0.25) is 0 Å². The first-order valence-corrected chi connectivity index (χ1v) is 6.65. The Hall–Kier alpha value is -0.940. The van der Waals surface area contributed by atoms with E-state index >= 15 is 0 Å². The molecule has 1 rings (SSSR count). The fourth-order valence-electron chi connectivity index (χ4n) is 2.32. The predicted molar refractivity (Wildman–Crippen MR) is 71.4 cm³/mol. The number of Topliss-reactive ketones (excluding diaryl/α,β-unsaturated/α-hetero) is 1. The van der Waals surface area contributed by atoms with Crippen molar-refractivity contribution >= 4 is 11.7 Å². The van der Waals surface area contributed by atoms with Crippen LogP contribution in [0.15, 0.2) is 0 Å². The van der Waals surface area contributed by atoms with Gasteiger partial charge < -0.3 is 10.6 Å². The van der Waals surface area contributed by atoms with Gasteiger partial charge in [-0.15, -0.1) is 0 Å². The molecule has 0 aromatic carbocycles. The summed E-state index contributed by atoms with van der Waals surface area (Å²) in [5, 5.41) is 6.16. The van der Waals surface area contributed by atoms with E-state index in [1.165, 1.54) is 6.92 Å². The minimum Gasteiger partial charge on any atom is -0.345 e. The van der Waals surface area contributed by atoms with E-state index in [1.54, 1.807) is 0 Å². The summed E-state index contributed by atoms with van der Waals surface area (Å²) in [5.74, 6) is 0.0958. The molecule has 1 aliphatic heterocycles. The standard InChI is InChI=1S/C13H25N3O2/c1-9(2)13(11(4)17)15-12(18)8-16-6-5-14-10(3)7-16/h9-10,13-14H,5-8H2,1-4H3,(H,15,18)/t10-,13?/m1/s1. The summed E-state index contributed by atoms with van der Waals surface area (Å²) in [4.78, 5) is 25.5. The summed E-state index contributed by atoms with van der Waals surface area (Å²) >= 11 is 0. The number of carbonyl (C=O) groups is 2. The number of nitrogens with one attached hydrogen (secondary N) is 2. The monoisotopic (exact) mass is 255 g/mol. The molecule has 0 spiro atoms. The first-order valence-electron chi connectivity index (χ1n) is 6.65. The molecule has 1 amide bonds. The number of ketones is 1. The Kier molecular flexibility index (Phi) is 5.75. The predicted octanol–water partition coefficient (Wildman–Crippen LogP) is 0.00990. The lowest BCUT2D eigenvalue weighted by atomic mass is 10.0. The van der Waals surface area contributed by atoms with Crippen LogP contribution in [0.4, 0.5) is 0 Å². The lowest BCUT2D eigenvalue weighted by Crippen LogP contribution is -2.53. The van der Waals surface area contributed by atoms with Gasteiger partial charge in [-0.3, -0.25) is 14.5 Å². The highest BCUT2D eigenvalue weighted by Gasteiger charge is 2.23. The molecule has 1 saturated heterocycles. The van der Waals surface area contributed by atoms with E-state index in [2.05, 4.69) is 22.5 Å². The van der Waals surface area contributed by atoms with Crippen LogP contribution < -0.4 is 10.6 Å². The Labute approximate surface area is 109 Å². The fraction of sp³-hybridized carbons (Fsp3) is 0.846. The van der Waals surface area contributed by atoms with Crippen LogP contribution in [-0.2, 0) is 9.59 Å². The van der Waals surface area contributed by atoms with E-state index in [1.807, 2.05) is 13.8 Å². The van der Waals surface area contributed by atoms with Gasteiger partial charge in [-0.2, -0.15) is 0 Å². The number of amides is 1. The molecule has 0 aromatic heterocycles. The van der Waals surface area contributed by atoms with Crippen molar-refractivity contribution < 1.29 is 9.59 Å². The molecule has 104 valence electrons. The van der Waals surface area contributed by atoms with Gasteiger partial charge >= 0.3 is 0 Å². The quantitative estimate of drug-likeness (QED) is 0.726. The van der Waals surface area contributed by atoms with Crippen LogP contribution >= 0.6 is 0 Å². The van der Waals surface area contributed by atoms with Gasteiger partial charge in [0.05, 0.1) is 12.6 Å². The van der Waals surface area contributed by atoms with Gasteiger partial charge in [-0.05, 0) is 19.8 Å². The summed E-state index contributed by atoms with van der Waals surface area (Å²) in [6.07, 6.45) is 0. The molecule has 0 radical (unpaired) electrons. The average Bonchev–Trinajstić information content (AvgIpc) is 2.25. The van der Waals surface area contributed by atoms with E-state index in [4.69, 9.17) is 0 Å². The van der Waals surface area contributed by atoms with E-state index < -0.39 is 0 Å². The van der Waals surface area contributed by atoms with Crippen LogP contribution in [0, 0.1) is 5.92 Å². The lowest BCUT2D eigenvalue weighted by Gasteiger charge is -2.31. The minimum absolute atomic E-state index is 0.0204. The van der Waals surface area contributed by atoms with Crippen molar-refractivity contribution in [3.05, 3.63) is 0 Å². The number of piperazine rings is 1. The molecule has 18 heavy (non-hydrogen) atoms. The molecular formula is C13H25N3O2. The summed E-state index contributed by atoms with van der Waals surface area (Å²) in [5.41, 5.74) is 0. The highest BCUT2D eigenvalue weighted by molar-refractivity contribution is 5.88. The van der Waals surface area contributed by atoms with Crippen LogP contribution in [0.1, 0.15) is 27.7 Å². The smallest absolute Gasteiger partial charge is 0.234 e. The Balaban J connectivity index is 2.42. The maximum atomic E-state index is 11.9. The zero-order valence-electron chi connectivity index (χ0n) is 11.8. The van der Waals surface area contributed by atoms with E-state index in [-0.39, 0.29) is 23.7 Å². The Bertz CT molecular complexity index is 305. The van der Waals surface area contributed by atoms with Gasteiger partial charge in [0.1, 0.15) is 0 Å². The normalized spacial score (nSPS) is 22.8. The second kappa shape index (κ2) is 6.85.